The Labute approximate surface area is 200 Å². The smallest absolute Gasteiger partial charge is 0.272 e. The van der Waals surface area contributed by atoms with Gasteiger partial charge in [0.15, 0.2) is 0 Å². The van der Waals surface area contributed by atoms with Gasteiger partial charge in [-0.25, -0.2) is 4.99 Å². The summed E-state index contributed by atoms with van der Waals surface area (Å²) in [4.78, 5) is 44.9. The molecule has 2 unspecified atom stereocenters. The summed E-state index contributed by atoms with van der Waals surface area (Å²) in [5.41, 5.74) is 3.02. The number of carbonyl (C=O) groups excluding carboxylic acids is 3. The van der Waals surface area contributed by atoms with Gasteiger partial charge in [-0.1, -0.05) is 67.8 Å². The number of nitrogens with zero attached hydrogens (tertiary/aromatic N) is 2. The Morgan fingerprint density at radius 1 is 1.03 bits per heavy atom. The molecule has 0 spiro atoms. The first-order valence-electron chi connectivity index (χ1n) is 12.0. The second-order valence-corrected chi connectivity index (χ2v) is 9.17. The van der Waals surface area contributed by atoms with Crippen molar-refractivity contribution < 1.29 is 14.4 Å². The lowest BCUT2D eigenvalue weighted by Gasteiger charge is -2.23. The van der Waals surface area contributed by atoms with Gasteiger partial charge in [-0.05, 0) is 31.7 Å². The van der Waals surface area contributed by atoms with Crippen molar-refractivity contribution >= 4 is 29.1 Å². The van der Waals surface area contributed by atoms with E-state index in [1.807, 2.05) is 54.6 Å². The van der Waals surface area contributed by atoms with Gasteiger partial charge in [0, 0.05) is 24.6 Å². The fourth-order valence-corrected chi connectivity index (χ4v) is 4.72. The maximum Gasteiger partial charge on any atom is 0.272 e. The third-order valence-corrected chi connectivity index (χ3v) is 6.64. The first-order chi connectivity index (χ1) is 16.4. The number of benzodiazepines with no additional fused rings is 1. The van der Waals surface area contributed by atoms with Crippen LogP contribution in [0.3, 0.4) is 0 Å². The molecule has 2 aromatic carbocycles. The molecule has 2 aliphatic rings. The van der Waals surface area contributed by atoms with E-state index in [1.165, 1.54) is 11.3 Å². The van der Waals surface area contributed by atoms with Crippen LogP contribution in [-0.4, -0.2) is 42.7 Å². The largest absolute Gasteiger partial charge is 0.345 e. The molecule has 2 N–H and O–H groups in total. The highest BCUT2D eigenvalue weighted by Gasteiger charge is 2.32. The Morgan fingerprint density at radius 3 is 2.44 bits per heavy atom. The minimum atomic E-state index is -1.10. The quantitative estimate of drug-likeness (QED) is 0.692. The van der Waals surface area contributed by atoms with Crippen LogP contribution in [-0.2, 0) is 14.4 Å². The Hall–Kier alpha value is -3.48. The van der Waals surface area contributed by atoms with Crippen LogP contribution < -0.4 is 15.5 Å². The van der Waals surface area contributed by atoms with Gasteiger partial charge in [0.05, 0.1) is 11.4 Å². The SMILES string of the molecule is CC(NC(=O)CC1CCCCC1)C(=O)NC1N=C(c2ccccc2)c2ccccc2N(C)C1=O. The highest BCUT2D eigenvalue weighted by atomic mass is 16.2. The van der Waals surface area contributed by atoms with Gasteiger partial charge in [0.1, 0.15) is 6.04 Å². The van der Waals surface area contributed by atoms with Crippen LogP contribution in [0.4, 0.5) is 5.69 Å². The van der Waals surface area contributed by atoms with Crippen LogP contribution in [0.5, 0.6) is 0 Å². The lowest BCUT2D eigenvalue weighted by Crippen LogP contribution is -2.52. The Kier molecular flexibility index (Phi) is 7.40. The maximum atomic E-state index is 13.2. The van der Waals surface area contributed by atoms with E-state index < -0.39 is 18.1 Å². The summed E-state index contributed by atoms with van der Waals surface area (Å²) in [7, 11) is 1.68. The summed E-state index contributed by atoms with van der Waals surface area (Å²) in [6, 6.07) is 16.4. The van der Waals surface area contributed by atoms with Crippen LogP contribution >= 0.6 is 0 Å². The van der Waals surface area contributed by atoms with E-state index in [0.29, 0.717) is 18.1 Å². The molecular weight excluding hydrogens is 428 g/mol. The molecule has 0 bridgehead atoms. The molecule has 178 valence electrons. The summed E-state index contributed by atoms with van der Waals surface area (Å²) in [6.45, 7) is 1.63. The summed E-state index contributed by atoms with van der Waals surface area (Å²) in [5.74, 6) is -0.518. The molecular formula is C27H32N4O3. The van der Waals surface area contributed by atoms with Crippen molar-refractivity contribution in [3.05, 3.63) is 65.7 Å². The number of fused-ring (bicyclic) bond motifs is 1. The first kappa shape index (κ1) is 23.7. The summed E-state index contributed by atoms with van der Waals surface area (Å²) >= 11 is 0. The highest BCUT2D eigenvalue weighted by Crippen LogP contribution is 2.27. The van der Waals surface area contributed by atoms with Crippen LogP contribution in [0.15, 0.2) is 59.6 Å². The van der Waals surface area contributed by atoms with Gasteiger partial charge in [0.25, 0.3) is 5.91 Å². The molecule has 34 heavy (non-hydrogen) atoms. The van der Waals surface area contributed by atoms with Crippen LogP contribution in [0, 0.1) is 5.92 Å². The topological polar surface area (TPSA) is 90.9 Å². The first-order valence-corrected chi connectivity index (χ1v) is 12.0. The van der Waals surface area contributed by atoms with E-state index in [-0.39, 0.29) is 11.8 Å². The van der Waals surface area contributed by atoms with E-state index in [9.17, 15) is 14.4 Å². The second-order valence-electron chi connectivity index (χ2n) is 9.17. The fourth-order valence-electron chi connectivity index (χ4n) is 4.72. The van der Waals surface area contributed by atoms with Gasteiger partial charge in [0.2, 0.25) is 18.0 Å². The standard InChI is InChI=1S/C27H32N4O3/c1-18(28-23(32)17-19-11-5-3-6-12-19)26(33)30-25-27(34)31(2)22-16-10-9-15-21(22)24(29-25)20-13-7-4-8-14-20/h4,7-10,13-16,18-19,25H,3,5-6,11-12,17H2,1-2H3,(H,28,32)(H,30,33). The predicted octanol–water partition coefficient (Wildman–Crippen LogP) is 3.42. The number of hydrogen-bond donors (Lipinski definition) is 2. The average Bonchev–Trinajstić information content (AvgIpc) is 2.96. The number of amides is 3. The van der Waals surface area contributed by atoms with Crippen LogP contribution in [0.1, 0.15) is 56.6 Å². The van der Waals surface area contributed by atoms with Crippen molar-refractivity contribution in [2.24, 2.45) is 10.9 Å². The normalized spacial score (nSPS) is 19.5. The van der Waals surface area contributed by atoms with Gasteiger partial charge >= 0.3 is 0 Å². The number of rotatable bonds is 6. The molecule has 3 amide bonds. The van der Waals surface area contributed by atoms with Gasteiger partial charge in [-0.2, -0.15) is 0 Å². The second kappa shape index (κ2) is 10.6. The predicted molar refractivity (Wildman–Crippen MR) is 133 cm³/mol. The number of nitrogens with one attached hydrogen (secondary N) is 2. The molecule has 1 saturated carbocycles. The zero-order valence-corrected chi connectivity index (χ0v) is 19.8. The number of hydrogen-bond acceptors (Lipinski definition) is 4. The van der Waals surface area contributed by atoms with E-state index in [4.69, 9.17) is 4.99 Å². The van der Waals surface area contributed by atoms with E-state index in [0.717, 1.165) is 42.5 Å². The lowest BCUT2D eigenvalue weighted by atomic mass is 9.87. The molecule has 1 aliphatic heterocycles. The lowest BCUT2D eigenvalue weighted by molar-refractivity contribution is -0.131. The van der Waals surface area contributed by atoms with E-state index >= 15 is 0 Å². The van der Waals surface area contributed by atoms with Crippen molar-refractivity contribution in [2.45, 2.75) is 57.7 Å². The van der Waals surface area contributed by atoms with Gasteiger partial charge < -0.3 is 15.5 Å². The highest BCUT2D eigenvalue weighted by molar-refractivity contribution is 6.20. The maximum absolute atomic E-state index is 13.2. The number of likely N-dealkylation sites (N-methyl/N-ethyl adjacent to an activating group) is 1. The zero-order valence-electron chi connectivity index (χ0n) is 19.8. The van der Waals surface area contributed by atoms with Crippen molar-refractivity contribution in [3.8, 4) is 0 Å². The third-order valence-electron chi connectivity index (χ3n) is 6.64. The molecule has 0 aromatic heterocycles. The van der Waals surface area contributed by atoms with E-state index in [1.54, 1.807) is 14.0 Å². The van der Waals surface area contributed by atoms with Crippen molar-refractivity contribution in [1.82, 2.24) is 10.6 Å². The van der Waals surface area contributed by atoms with Gasteiger partial charge in [-0.15, -0.1) is 0 Å². The zero-order chi connectivity index (χ0) is 24.1. The molecule has 7 nitrogen and oxygen atoms in total. The third kappa shape index (κ3) is 5.35. The molecule has 1 fully saturated rings. The number of aliphatic imine (C=N–C) groups is 1. The summed E-state index contributed by atoms with van der Waals surface area (Å²) < 4.78 is 0. The molecule has 4 rings (SSSR count). The Morgan fingerprint density at radius 2 is 1.71 bits per heavy atom. The van der Waals surface area contributed by atoms with Crippen LogP contribution in [0.25, 0.3) is 0 Å². The summed E-state index contributed by atoms with van der Waals surface area (Å²) in [6.07, 6.45) is 5.02. The molecule has 0 saturated heterocycles. The fraction of sp³-hybridized carbons (Fsp3) is 0.407. The molecule has 2 atom stereocenters. The minimum Gasteiger partial charge on any atom is -0.345 e. The molecule has 1 heterocycles. The van der Waals surface area contributed by atoms with Gasteiger partial charge in [-0.3, -0.25) is 14.4 Å². The monoisotopic (exact) mass is 460 g/mol. The van der Waals surface area contributed by atoms with Crippen molar-refractivity contribution in [1.29, 1.82) is 0 Å². The number of benzene rings is 2. The molecule has 0 radical (unpaired) electrons. The number of para-hydroxylation sites is 1. The average molecular weight is 461 g/mol. The Bertz CT molecular complexity index is 1080. The summed E-state index contributed by atoms with van der Waals surface area (Å²) in [5, 5.41) is 5.54. The molecule has 7 heteroatoms. The molecule has 2 aromatic rings. The number of carbonyl (C=O) groups is 3. The number of anilines is 1. The van der Waals surface area contributed by atoms with Crippen molar-refractivity contribution in [3.63, 3.8) is 0 Å². The minimum absolute atomic E-state index is 0.125. The Balaban J connectivity index is 1.51. The van der Waals surface area contributed by atoms with Crippen molar-refractivity contribution in [2.75, 3.05) is 11.9 Å². The van der Waals surface area contributed by atoms with E-state index in [2.05, 4.69) is 10.6 Å². The van der Waals surface area contributed by atoms with Crippen LogP contribution in [0.2, 0.25) is 0 Å². The molecule has 1 aliphatic carbocycles.